The number of rotatable bonds is 1. The van der Waals surface area contributed by atoms with Crippen molar-refractivity contribution in [2.24, 2.45) is 0 Å². The summed E-state index contributed by atoms with van der Waals surface area (Å²) in [5.41, 5.74) is 0. The molecule has 0 aliphatic heterocycles. The highest BCUT2D eigenvalue weighted by molar-refractivity contribution is 7.81. The van der Waals surface area contributed by atoms with Crippen molar-refractivity contribution in [3.05, 3.63) is 0 Å². The van der Waals surface area contributed by atoms with Gasteiger partial charge in [-0.3, -0.25) is 4.79 Å². The lowest BCUT2D eigenvalue weighted by atomic mass is 10.3. The van der Waals surface area contributed by atoms with E-state index in [0.29, 0.717) is 0 Å². The standard InChI is InChI=1S/C4H5F3OS/c1-2(9)3(8)4(5,6)7/h2,9H,1H3. The van der Waals surface area contributed by atoms with Crippen molar-refractivity contribution in [1.82, 2.24) is 0 Å². The Labute approximate surface area is 55.6 Å². The molecule has 0 aliphatic rings. The average Bonchev–Trinajstić information content (AvgIpc) is 1.62. The molecular weight excluding hydrogens is 153 g/mol. The number of hydrogen-bond acceptors (Lipinski definition) is 2. The van der Waals surface area contributed by atoms with Gasteiger partial charge in [-0.25, -0.2) is 0 Å². The number of hydrogen-bond donors (Lipinski definition) is 1. The second-order valence-corrected chi connectivity index (χ2v) is 2.31. The van der Waals surface area contributed by atoms with Crippen LogP contribution in [0.1, 0.15) is 6.92 Å². The smallest absolute Gasteiger partial charge is 0.288 e. The maximum absolute atomic E-state index is 11.3. The van der Waals surface area contributed by atoms with E-state index in [1.807, 2.05) is 0 Å². The monoisotopic (exact) mass is 158 g/mol. The van der Waals surface area contributed by atoms with E-state index in [9.17, 15) is 18.0 Å². The van der Waals surface area contributed by atoms with Crippen molar-refractivity contribution < 1.29 is 18.0 Å². The van der Waals surface area contributed by atoms with Crippen LogP contribution in [0, 0.1) is 0 Å². The number of thiol groups is 1. The van der Waals surface area contributed by atoms with Crippen LogP contribution in [0.15, 0.2) is 0 Å². The molecule has 0 aliphatic carbocycles. The summed E-state index contributed by atoms with van der Waals surface area (Å²) in [5.74, 6) is -1.80. The summed E-state index contributed by atoms with van der Waals surface area (Å²) >= 11 is 3.32. The highest BCUT2D eigenvalue weighted by Crippen LogP contribution is 2.19. The maximum atomic E-state index is 11.3. The van der Waals surface area contributed by atoms with Gasteiger partial charge in [0.15, 0.2) is 0 Å². The second kappa shape index (κ2) is 2.60. The molecule has 0 aromatic rings. The van der Waals surface area contributed by atoms with Crippen molar-refractivity contribution in [2.75, 3.05) is 0 Å². The van der Waals surface area contributed by atoms with Crippen LogP contribution in [0.3, 0.4) is 0 Å². The van der Waals surface area contributed by atoms with Crippen LogP contribution in [0.25, 0.3) is 0 Å². The van der Waals surface area contributed by atoms with Crippen LogP contribution < -0.4 is 0 Å². The minimum Gasteiger partial charge on any atom is -0.288 e. The van der Waals surface area contributed by atoms with Crippen LogP contribution >= 0.6 is 12.6 Å². The number of carbonyl (C=O) groups is 1. The van der Waals surface area contributed by atoms with E-state index >= 15 is 0 Å². The van der Waals surface area contributed by atoms with Gasteiger partial charge < -0.3 is 0 Å². The molecule has 5 heteroatoms. The number of ketones is 1. The Hall–Kier alpha value is -0.190. The number of carbonyl (C=O) groups excluding carboxylic acids is 1. The topological polar surface area (TPSA) is 17.1 Å². The minimum atomic E-state index is -4.73. The van der Waals surface area contributed by atoms with E-state index in [2.05, 4.69) is 12.6 Å². The lowest BCUT2D eigenvalue weighted by Crippen LogP contribution is -2.29. The van der Waals surface area contributed by atoms with E-state index in [1.165, 1.54) is 0 Å². The second-order valence-electron chi connectivity index (χ2n) is 1.54. The molecule has 1 atom stereocenters. The highest BCUT2D eigenvalue weighted by Gasteiger charge is 2.40. The molecular formula is C4H5F3OS. The van der Waals surface area contributed by atoms with Crippen LogP contribution in [-0.2, 0) is 4.79 Å². The van der Waals surface area contributed by atoms with E-state index < -0.39 is 17.2 Å². The van der Waals surface area contributed by atoms with Crippen LogP contribution in [0.2, 0.25) is 0 Å². The largest absolute Gasteiger partial charge is 0.451 e. The van der Waals surface area contributed by atoms with Gasteiger partial charge in [0.2, 0.25) is 5.78 Å². The van der Waals surface area contributed by atoms with E-state index in [1.54, 1.807) is 0 Å². The number of Topliss-reactive ketones (excluding diaryl/α,β-unsaturated/α-hetero) is 1. The fraction of sp³-hybridized carbons (Fsp3) is 0.750. The molecule has 1 nitrogen and oxygen atoms in total. The van der Waals surface area contributed by atoms with Gasteiger partial charge in [-0.15, -0.1) is 0 Å². The Morgan fingerprint density at radius 1 is 1.56 bits per heavy atom. The lowest BCUT2D eigenvalue weighted by Gasteiger charge is -2.05. The van der Waals surface area contributed by atoms with E-state index in [-0.39, 0.29) is 0 Å². The first-order valence-corrected chi connectivity index (χ1v) is 2.66. The van der Waals surface area contributed by atoms with Crippen LogP contribution in [0.4, 0.5) is 13.2 Å². The Balaban J connectivity index is 4.06. The highest BCUT2D eigenvalue weighted by atomic mass is 32.1. The molecule has 54 valence electrons. The molecule has 0 aromatic carbocycles. The minimum absolute atomic E-state index is 1.08. The normalized spacial score (nSPS) is 15.2. The van der Waals surface area contributed by atoms with Gasteiger partial charge in [0.05, 0.1) is 5.25 Å². The summed E-state index contributed by atoms with van der Waals surface area (Å²) in [7, 11) is 0. The van der Waals surface area contributed by atoms with Gasteiger partial charge in [0.1, 0.15) is 0 Å². The predicted molar refractivity (Wildman–Crippen MR) is 29.5 cm³/mol. The van der Waals surface area contributed by atoms with E-state index in [4.69, 9.17) is 0 Å². The molecule has 0 fully saturated rings. The van der Waals surface area contributed by atoms with E-state index in [0.717, 1.165) is 6.92 Å². The molecule has 1 unspecified atom stereocenters. The quantitative estimate of drug-likeness (QED) is 0.571. The van der Waals surface area contributed by atoms with Gasteiger partial charge in [-0.1, -0.05) is 0 Å². The fourth-order valence-electron chi connectivity index (χ4n) is 0.237. The SMILES string of the molecule is CC(S)C(=O)C(F)(F)F. The van der Waals surface area contributed by atoms with Crippen molar-refractivity contribution >= 4 is 18.4 Å². The molecule has 0 heterocycles. The Morgan fingerprint density at radius 2 is 1.89 bits per heavy atom. The van der Waals surface area contributed by atoms with Gasteiger partial charge in [0, 0.05) is 0 Å². The maximum Gasteiger partial charge on any atom is 0.451 e. The summed E-state index contributed by atoms with van der Waals surface area (Å²) in [6, 6.07) is 0. The molecule has 0 bridgehead atoms. The molecule has 9 heavy (non-hydrogen) atoms. The van der Waals surface area contributed by atoms with Gasteiger partial charge >= 0.3 is 6.18 Å². The Morgan fingerprint density at radius 3 is 1.89 bits per heavy atom. The zero-order chi connectivity index (χ0) is 7.65. The molecule has 0 amide bonds. The summed E-state index contributed by atoms with van der Waals surface area (Å²) in [5, 5.41) is -1.26. The third kappa shape index (κ3) is 2.74. The molecule has 0 radical (unpaired) electrons. The fourth-order valence-corrected chi connectivity index (χ4v) is 0.383. The Kier molecular flexibility index (Phi) is 2.54. The molecule has 0 rings (SSSR count). The number of halogens is 3. The summed E-state index contributed by atoms with van der Waals surface area (Å²) in [4.78, 5) is 9.96. The first-order chi connectivity index (χ1) is 3.85. The third-order valence-electron chi connectivity index (χ3n) is 0.659. The van der Waals surface area contributed by atoms with Crippen molar-refractivity contribution in [1.29, 1.82) is 0 Å². The lowest BCUT2D eigenvalue weighted by molar-refractivity contribution is -0.170. The van der Waals surface area contributed by atoms with Crippen molar-refractivity contribution in [3.8, 4) is 0 Å². The molecule has 0 N–H and O–H groups in total. The summed E-state index contributed by atoms with van der Waals surface area (Å²) in [6.07, 6.45) is -4.73. The molecule has 0 spiro atoms. The number of alkyl halides is 3. The molecule has 0 aromatic heterocycles. The summed E-state index contributed by atoms with van der Waals surface area (Å²) < 4.78 is 33.9. The first-order valence-electron chi connectivity index (χ1n) is 2.15. The van der Waals surface area contributed by atoms with Crippen LogP contribution in [-0.4, -0.2) is 17.2 Å². The van der Waals surface area contributed by atoms with Crippen LogP contribution in [0.5, 0.6) is 0 Å². The average molecular weight is 158 g/mol. The van der Waals surface area contributed by atoms with Crippen molar-refractivity contribution in [3.63, 3.8) is 0 Å². The third-order valence-corrected chi connectivity index (χ3v) is 0.893. The summed E-state index contributed by atoms with van der Waals surface area (Å²) in [6.45, 7) is 1.08. The van der Waals surface area contributed by atoms with Crippen molar-refractivity contribution in [2.45, 2.75) is 18.3 Å². The Bertz CT molecular complexity index is 117. The predicted octanol–water partition coefficient (Wildman–Crippen LogP) is 1.44. The van der Waals surface area contributed by atoms with Gasteiger partial charge in [-0.05, 0) is 6.92 Å². The zero-order valence-corrected chi connectivity index (χ0v) is 5.46. The van der Waals surface area contributed by atoms with Gasteiger partial charge in [0.25, 0.3) is 0 Å². The van der Waals surface area contributed by atoms with Gasteiger partial charge in [-0.2, -0.15) is 25.8 Å². The first kappa shape index (κ1) is 8.81. The molecule has 0 saturated carbocycles. The zero-order valence-electron chi connectivity index (χ0n) is 4.57. The molecule has 0 saturated heterocycles.